The maximum atomic E-state index is 4.96. The normalized spacial score (nSPS) is 38.5. The number of hydrogen-bond acceptors (Lipinski definition) is 3. The predicted molar refractivity (Wildman–Crippen MR) is 75.8 cm³/mol. The SMILES string of the molecule is C=CCC[C@H]1C[C@H]2CCC[C@H]3C[C@@H](C)NC(=N1)N23. The lowest BCUT2D eigenvalue weighted by molar-refractivity contribution is 0.103. The monoisotopic (exact) mass is 247 g/mol. The van der Waals surface area contributed by atoms with Gasteiger partial charge in [-0.2, -0.15) is 0 Å². The van der Waals surface area contributed by atoms with Crippen molar-refractivity contribution in [1.29, 1.82) is 0 Å². The molecule has 3 rings (SSSR count). The minimum Gasteiger partial charge on any atom is -0.354 e. The second kappa shape index (κ2) is 4.94. The topological polar surface area (TPSA) is 27.6 Å². The molecular formula is C15H25N3. The Morgan fingerprint density at radius 3 is 2.94 bits per heavy atom. The van der Waals surface area contributed by atoms with Gasteiger partial charge in [-0.1, -0.05) is 6.08 Å². The third-order valence-corrected chi connectivity index (χ3v) is 4.66. The molecule has 4 atom stereocenters. The van der Waals surface area contributed by atoms with E-state index >= 15 is 0 Å². The summed E-state index contributed by atoms with van der Waals surface area (Å²) in [6, 6.07) is 2.59. The van der Waals surface area contributed by atoms with Crippen LogP contribution in [0, 0.1) is 0 Å². The molecule has 0 bridgehead atoms. The third-order valence-electron chi connectivity index (χ3n) is 4.66. The zero-order chi connectivity index (χ0) is 12.5. The molecule has 0 saturated carbocycles. The van der Waals surface area contributed by atoms with Crippen LogP contribution in [0.25, 0.3) is 0 Å². The van der Waals surface area contributed by atoms with Gasteiger partial charge in [0.1, 0.15) is 0 Å². The second-order valence-corrected chi connectivity index (χ2v) is 6.14. The van der Waals surface area contributed by atoms with E-state index in [4.69, 9.17) is 4.99 Å². The fourth-order valence-corrected chi connectivity index (χ4v) is 3.87. The van der Waals surface area contributed by atoms with E-state index in [0.717, 1.165) is 24.9 Å². The maximum Gasteiger partial charge on any atom is 0.194 e. The molecule has 3 aliphatic heterocycles. The molecule has 2 fully saturated rings. The van der Waals surface area contributed by atoms with Gasteiger partial charge >= 0.3 is 0 Å². The Balaban J connectivity index is 1.80. The number of nitrogens with zero attached hydrogens (tertiary/aromatic N) is 2. The van der Waals surface area contributed by atoms with Crippen LogP contribution in [0.15, 0.2) is 17.6 Å². The highest BCUT2D eigenvalue weighted by Gasteiger charge is 2.40. The number of hydrogen-bond donors (Lipinski definition) is 1. The third kappa shape index (κ3) is 2.15. The van der Waals surface area contributed by atoms with E-state index in [0.29, 0.717) is 12.1 Å². The summed E-state index contributed by atoms with van der Waals surface area (Å²) in [6.07, 6.45) is 10.9. The number of nitrogens with one attached hydrogen (secondary N) is 1. The molecular weight excluding hydrogens is 222 g/mol. The number of rotatable bonds is 3. The standard InChI is InChI=1S/C15H25N3/c1-3-4-6-12-10-14-8-5-7-13-9-11(2)16-15(17-12)18(13)14/h3,11-14H,1,4-10H2,2H3,(H,16,17)/t11-,12+,13+,14-/m1/s1. The van der Waals surface area contributed by atoms with Gasteiger partial charge in [-0.3, -0.25) is 0 Å². The number of guanidine groups is 1. The first-order valence-electron chi connectivity index (χ1n) is 7.51. The van der Waals surface area contributed by atoms with Gasteiger partial charge in [-0.25, -0.2) is 4.99 Å². The van der Waals surface area contributed by atoms with Crippen LogP contribution < -0.4 is 5.32 Å². The Labute approximate surface area is 110 Å². The van der Waals surface area contributed by atoms with Gasteiger partial charge in [0.15, 0.2) is 5.96 Å². The van der Waals surface area contributed by atoms with Crippen LogP contribution in [0.2, 0.25) is 0 Å². The Morgan fingerprint density at radius 1 is 1.39 bits per heavy atom. The lowest BCUT2D eigenvalue weighted by atomic mass is 9.85. The molecule has 1 N–H and O–H groups in total. The van der Waals surface area contributed by atoms with Gasteiger partial charge in [0.2, 0.25) is 0 Å². The van der Waals surface area contributed by atoms with E-state index in [-0.39, 0.29) is 0 Å². The van der Waals surface area contributed by atoms with Crippen LogP contribution in [0.4, 0.5) is 0 Å². The molecule has 0 radical (unpaired) electrons. The summed E-state index contributed by atoms with van der Waals surface area (Å²) in [5.41, 5.74) is 0. The van der Waals surface area contributed by atoms with Crippen LogP contribution in [-0.2, 0) is 0 Å². The van der Waals surface area contributed by atoms with Crippen molar-refractivity contribution in [3.05, 3.63) is 12.7 Å². The zero-order valence-electron chi connectivity index (χ0n) is 11.4. The molecule has 3 heterocycles. The molecule has 3 heteroatoms. The van der Waals surface area contributed by atoms with Gasteiger partial charge in [-0.05, 0) is 51.9 Å². The quantitative estimate of drug-likeness (QED) is 0.777. The number of allylic oxidation sites excluding steroid dienone is 1. The minimum atomic E-state index is 0.510. The van der Waals surface area contributed by atoms with E-state index < -0.39 is 0 Å². The molecule has 0 aromatic carbocycles. The van der Waals surface area contributed by atoms with Crippen LogP contribution in [0.5, 0.6) is 0 Å². The highest BCUT2D eigenvalue weighted by molar-refractivity contribution is 5.82. The van der Waals surface area contributed by atoms with Crippen molar-refractivity contribution in [3.63, 3.8) is 0 Å². The van der Waals surface area contributed by atoms with E-state index in [9.17, 15) is 0 Å². The number of aliphatic imine (C=N–C) groups is 1. The summed E-state index contributed by atoms with van der Waals surface area (Å²) in [5, 5.41) is 3.60. The molecule has 0 aromatic heterocycles. The van der Waals surface area contributed by atoms with Crippen LogP contribution in [0.1, 0.15) is 51.9 Å². The molecule has 3 nitrogen and oxygen atoms in total. The van der Waals surface area contributed by atoms with Crippen molar-refractivity contribution in [1.82, 2.24) is 10.2 Å². The van der Waals surface area contributed by atoms with Crippen molar-refractivity contribution < 1.29 is 0 Å². The van der Waals surface area contributed by atoms with E-state index in [1.54, 1.807) is 0 Å². The lowest BCUT2D eigenvalue weighted by Gasteiger charge is -2.52. The first-order valence-corrected chi connectivity index (χ1v) is 7.51. The highest BCUT2D eigenvalue weighted by Crippen LogP contribution is 2.34. The first kappa shape index (κ1) is 12.1. The fraction of sp³-hybridized carbons (Fsp3) is 0.800. The van der Waals surface area contributed by atoms with Crippen molar-refractivity contribution in [2.24, 2.45) is 4.99 Å². The molecule has 100 valence electrons. The fourth-order valence-electron chi connectivity index (χ4n) is 3.87. The maximum absolute atomic E-state index is 4.96. The summed E-state index contributed by atoms with van der Waals surface area (Å²) >= 11 is 0. The zero-order valence-corrected chi connectivity index (χ0v) is 11.4. The highest BCUT2D eigenvalue weighted by atomic mass is 15.4. The molecule has 0 amide bonds. The van der Waals surface area contributed by atoms with E-state index in [1.807, 2.05) is 6.08 Å². The summed E-state index contributed by atoms with van der Waals surface area (Å²) in [4.78, 5) is 7.56. The molecule has 0 unspecified atom stereocenters. The van der Waals surface area contributed by atoms with Gasteiger partial charge < -0.3 is 10.2 Å². The van der Waals surface area contributed by atoms with Gasteiger partial charge in [0.25, 0.3) is 0 Å². The van der Waals surface area contributed by atoms with E-state index in [2.05, 4.69) is 23.7 Å². The molecule has 18 heavy (non-hydrogen) atoms. The largest absolute Gasteiger partial charge is 0.354 e. The first-order chi connectivity index (χ1) is 8.78. The van der Waals surface area contributed by atoms with Crippen LogP contribution >= 0.6 is 0 Å². The molecule has 0 spiro atoms. The summed E-state index contributed by atoms with van der Waals surface area (Å²) in [6.45, 7) is 6.12. The van der Waals surface area contributed by atoms with Crippen molar-refractivity contribution in [3.8, 4) is 0 Å². The molecule has 0 aliphatic carbocycles. The smallest absolute Gasteiger partial charge is 0.194 e. The van der Waals surface area contributed by atoms with Gasteiger partial charge in [0, 0.05) is 18.1 Å². The van der Waals surface area contributed by atoms with Gasteiger partial charge in [-0.15, -0.1) is 6.58 Å². The molecule has 0 aromatic rings. The van der Waals surface area contributed by atoms with Crippen molar-refractivity contribution >= 4 is 5.96 Å². The number of piperidine rings is 1. The second-order valence-electron chi connectivity index (χ2n) is 6.14. The predicted octanol–water partition coefficient (Wildman–Crippen LogP) is 2.69. The minimum absolute atomic E-state index is 0.510. The average Bonchev–Trinajstić information content (AvgIpc) is 2.36. The van der Waals surface area contributed by atoms with E-state index in [1.165, 1.54) is 38.1 Å². The van der Waals surface area contributed by atoms with Gasteiger partial charge in [0.05, 0.1) is 6.04 Å². The average molecular weight is 247 g/mol. The summed E-state index contributed by atoms with van der Waals surface area (Å²) in [5.74, 6) is 1.20. The molecule has 2 saturated heterocycles. The van der Waals surface area contributed by atoms with Crippen molar-refractivity contribution in [2.45, 2.75) is 76.0 Å². The molecule has 3 aliphatic rings. The Morgan fingerprint density at radius 2 is 2.17 bits per heavy atom. The van der Waals surface area contributed by atoms with Crippen LogP contribution in [-0.4, -0.2) is 35.0 Å². The Kier molecular flexibility index (Phi) is 3.31. The Bertz CT molecular complexity index is 350. The summed E-state index contributed by atoms with van der Waals surface area (Å²) < 4.78 is 0. The van der Waals surface area contributed by atoms with Crippen molar-refractivity contribution in [2.75, 3.05) is 0 Å². The Hall–Kier alpha value is -0.990. The lowest BCUT2D eigenvalue weighted by Crippen LogP contribution is -2.64. The summed E-state index contributed by atoms with van der Waals surface area (Å²) in [7, 11) is 0. The van der Waals surface area contributed by atoms with Crippen LogP contribution in [0.3, 0.4) is 0 Å².